The Morgan fingerprint density at radius 2 is 1.83 bits per heavy atom. The molecule has 0 unspecified atom stereocenters. The molecule has 1 aliphatic heterocycles. The van der Waals surface area contributed by atoms with Crippen molar-refractivity contribution in [1.29, 1.82) is 0 Å². The number of anilines is 1. The second-order valence-corrected chi connectivity index (χ2v) is 5.30. The van der Waals surface area contributed by atoms with Crippen LogP contribution in [0.5, 0.6) is 0 Å². The third-order valence-electron chi connectivity index (χ3n) is 3.98. The molecule has 1 aromatic carbocycles. The molecule has 1 saturated heterocycles. The smallest absolute Gasteiger partial charge is 0.253 e. The molecule has 124 valence electrons. The first-order chi connectivity index (χ1) is 10.7. The normalized spacial score (nSPS) is 14.5. The second kappa shape index (κ2) is 7.46. The fraction of sp³-hybridized carbons (Fsp3) is 0.375. The lowest BCUT2D eigenvalue weighted by Crippen LogP contribution is -2.49. The number of aromatic nitrogens is 2. The minimum Gasteiger partial charge on any atom is -0.339 e. The van der Waals surface area contributed by atoms with Crippen LogP contribution in [-0.2, 0) is 6.54 Å². The summed E-state index contributed by atoms with van der Waals surface area (Å²) >= 11 is 0. The molecule has 7 heteroatoms. The molecule has 0 bridgehead atoms. The number of hydrogen-bond donors (Lipinski definition) is 0. The Balaban J connectivity index is 0.00000192. The lowest BCUT2D eigenvalue weighted by Gasteiger charge is -2.35. The molecule has 1 amide bonds. The van der Waals surface area contributed by atoms with Crippen LogP contribution in [0.3, 0.4) is 0 Å². The summed E-state index contributed by atoms with van der Waals surface area (Å²) in [4.78, 5) is 20.8. The molecule has 0 spiro atoms. The number of hydrogen-bond acceptors (Lipinski definition) is 3. The molecule has 3 rings (SSSR count). The van der Waals surface area contributed by atoms with Crippen LogP contribution in [-0.4, -0.2) is 46.5 Å². The predicted octanol–water partition coefficient (Wildman–Crippen LogP) is 2.43. The van der Waals surface area contributed by atoms with E-state index in [1.807, 2.05) is 11.1 Å². The van der Waals surface area contributed by atoms with E-state index in [-0.39, 0.29) is 24.1 Å². The van der Waals surface area contributed by atoms with Gasteiger partial charge in [-0.3, -0.25) is 4.79 Å². The number of amides is 1. The number of rotatable bonds is 3. The van der Waals surface area contributed by atoms with Crippen LogP contribution in [0, 0.1) is 5.82 Å². The summed E-state index contributed by atoms with van der Waals surface area (Å²) in [5.41, 5.74) is 0.532. The minimum atomic E-state index is -0.326. The second-order valence-electron chi connectivity index (χ2n) is 5.30. The van der Waals surface area contributed by atoms with E-state index >= 15 is 0 Å². The number of halogens is 2. The van der Waals surface area contributed by atoms with Gasteiger partial charge in [0.25, 0.3) is 5.91 Å². The summed E-state index contributed by atoms with van der Waals surface area (Å²) in [6.07, 6.45) is 3.76. The van der Waals surface area contributed by atoms with Gasteiger partial charge in [-0.15, -0.1) is 12.4 Å². The zero-order chi connectivity index (χ0) is 15.5. The number of nitrogens with zero attached hydrogens (tertiary/aromatic N) is 4. The van der Waals surface area contributed by atoms with Gasteiger partial charge in [-0.25, -0.2) is 9.37 Å². The molecule has 5 nitrogen and oxygen atoms in total. The molecule has 0 N–H and O–H groups in total. The summed E-state index contributed by atoms with van der Waals surface area (Å²) in [5.74, 6) is 0.586. The summed E-state index contributed by atoms with van der Waals surface area (Å²) in [6.45, 7) is 5.76. The molecule has 2 aromatic rings. The van der Waals surface area contributed by atoms with Crippen molar-refractivity contribution in [3.8, 4) is 0 Å². The van der Waals surface area contributed by atoms with Crippen molar-refractivity contribution >= 4 is 24.3 Å². The number of carbonyl (C=O) groups excluding carboxylic acids is 1. The van der Waals surface area contributed by atoms with E-state index in [4.69, 9.17) is 0 Å². The third kappa shape index (κ3) is 3.64. The molecule has 23 heavy (non-hydrogen) atoms. The largest absolute Gasteiger partial charge is 0.339 e. The number of carbonyl (C=O) groups is 1. The van der Waals surface area contributed by atoms with Gasteiger partial charge < -0.3 is 14.4 Å². The van der Waals surface area contributed by atoms with Gasteiger partial charge in [0.15, 0.2) is 0 Å². The number of benzene rings is 1. The topological polar surface area (TPSA) is 41.4 Å². The van der Waals surface area contributed by atoms with Crippen LogP contribution in [0.1, 0.15) is 17.3 Å². The molecule has 1 aromatic heterocycles. The zero-order valence-electron chi connectivity index (χ0n) is 13.0. The molecule has 1 aliphatic rings. The monoisotopic (exact) mass is 338 g/mol. The van der Waals surface area contributed by atoms with Crippen molar-refractivity contribution in [1.82, 2.24) is 14.5 Å². The van der Waals surface area contributed by atoms with Crippen LogP contribution in [0.25, 0.3) is 0 Å². The lowest BCUT2D eigenvalue weighted by atomic mass is 10.2. The van der Waals surface area contributed by atoms with Crippen molar-refractivity contribution in [2.75, 3.05) is 31.1 Å². The van der Waals surface area contributed by atoms with Crippen LogP contribution in [0.4, 0.5) is 10.3 Å². The molecule has 2 heterocycles. The van der Waals surface area contributed by atoms with Crippen molar-refractivity contribution < 1.29 is 9.18 Å². The summed E-state index contributed by atoms with van der Waals surface area (Å²) in [6, 6.07) is 5.71. The summed E-state index contributed by atoms with van der Waals surface area (Å²) < 4.78 is 15.0. The lowest BCUT2D eigenvalue weighted by molar-refractivity contribution is 0.0746. The van der Waals surface area contributed by atoms with Gasteiger partial charge in [-0.2, -0.15) is 0 Å². The van der Waals surface area contributed by atoms with Crippen LogP contribution >= 0.6 is 12.4 Å². The van der Waals surface area contributed by atoms with E-state index in [9.17, 15) is 9.18 Å². The Hall–Kier alpha value is -2.08. The van der Waals surface area contributed by atoms with Gasteiger partial charge in [0, 0.05) is 50.7 Å². The highest BCUT2D eigenvalue weighted by molar-refractivity contribution is 5.94. The quantitative estimate of drug-likeness (QED) is 0.863. The molecular formula is C16H20ClFN4O. The highest BCUT2D eigenvalue weighted by Crippen LogP contribution is 2.16. The van der Waals surface area contributed by atoms with E-state index in [1.54, 1.807) is 6.20 Å². The number of aryl methyl sites for hydroxylation is 1. The fourth-order valence-corrected chi connectivity index (χ4v) is 2.72. The Morgan fingerprint density at radius 1 is 1.17 bits per heavy atom. The number of piperazine rings is 1. The Bertz CT molecular complexity index is 650. The van der Waals surface area contributed by atoms with Gasteiger partial charge >= 0.3 is 0 Å². The average molecular weight is 339 g/mol. The van der Waals surface area contributed by atoms with Crippen LogP contribution in [0.2, 0.25) is 0 Å². The summed E-state index contributed by atoms with van der Waals surface area (Å²) in [7, 11) is 0. The van der Waals surface area contributed by atoms with E-state index in [1.165, 1.54) is 24.3 Å². The molecule has 0 radical (unpaired) electrons. The molecule has 0 saturated carbocycles. The van der Waals surface area contributed by atoms with Gasteiger partial charge in [-0.1, -0.05) is 0 Å². The first kappa shape index (κ1) is 17.3. The summed E-state index contributed by atoms with van der Waals surface area (Å²) in [5, 5.41) is 0. The first-order valence-electron chi connectivity index (χ1n) is 7.50. The van der Waals surface area contributed by atoms with Crippen molar-refractivity contribution in [2.45, 2.75) is 13.5 Å². The average Bonchev–Trinajstić information content (AvgIpc) is 3.04. The van der Waals surface area contributed by atoms with Gasteiger partial charge in [0.1, 0.15) is 5.82 Å². The van der Waals surface area contributed by atoms with E-state index < -0.39 is 0 Å². The van der Waals surface area contributed by atoms with Gasteiger partial charge in [0.05, 0.1) is 0 Å². The van der Waals surface area contributed by atoms with Crippen molar-refractivity contribution in [3.05, 3.63) is 48.0 Å². The maximum atomic E-state index is 12.9. The number of imidazole rings is 1. The van der Waals surface area contributed by atoms with E-state index in [2.05, 4.69) is 21.4 Å². The van der Waals surface area contributed by atoms with E-state index in [0.29, 0.717) is 18.7 Å². The Morgan fingerprint density at radius 3 is 2.43 bits per heavy atom. The predicted molar refractivity (Wildman–Crippen MR) is 89.7 cm³/mol. The third-order valence-corrected chi connectivity index (χ3v) is 3.98. The van der Waals surface area contributed by atoms with Crippen LogP contribution < -0.4 is 4.90 Å². The Labute approximate surface area is 141 Å². The standard InChI is InChI=1S/C16H19FN4O.ClH/c1-2-19-8-7-18-16(19)21-11-9-20(10-12-21)15(22)13-3-5-14(17)6-4-13;/h3-8H,2,9-12H2,1H3;1H. The van der Waals surface area contributed by atoms with Gasteiger partial charge in [-0.05, 0) is 31.2 Å². The molecular weight excluding hydrogens is 319 g/mol. The molecule has 0 aliphatic carbocycles. The Kier molecular flexibility index (Phi) is 5.60. The highest BCUT2D eigenvalue weighted by Gasteiger charge is 2.24. The van der Waals surface area contributed by atoms with Crippen molar-refractivity contribution in [3.63, 3.8) is 0 Å². The highest BCUT2D eigenvalue weighted by atomic mass is 35.5. The van der Waals surface area contributed by atoms with Crippen molar-refractivity contribution in [2.24, 2.45) is 0 Å². The minimum absolute atomic E-state index is 0. The fourth-order valence-electron chi connectivity index (χ4n) is 2.72. The van der Waals surface area contributed by atoms with E-state index in [0.717, 1.165) is 25.6 Å². The van der Waals surface area contributed by atoms with Crippen LogP contribution in [0.15, 0.2) is 36.7 Å². The molecule has 1 fully saturated rings. The maximum absolute atomic E-state index is 12.9. The maximum Gasteiger partial charge on any atom is 0.253 e. The van der Waals surface area contributed by atoms with Gasteiger partial charge in [0.2, 0.25) is 5.95 Å². The molecule has 0 atom stereocenters. The first-order valence-corrected chi connectivity index (χ1v) is 7.50. The SMILES string of the molecule is CCn1ccnc1N1CCN(C(=O)c2ccc(F)cc2)CC1.Cl. The zero-order valence-corrected chi connectivity index (χ0v) is 13.8.